The number of carbonyl (C=O) groups excluding carboxylic acids is 1. The normalized spacial score (nSPS) is 18.0. The second-order valence-electron chi connectivity index (χ2n) is 6.82. The lowest BCUT2D eigenvalue weighted by molar-refractivity contribution is -0.118. The Balaban J connectivity index is 1.44. The molecule has 0 atom stereocenters. The molecule has 4 heterocycles. The van der Waals surface area contributed by atoms with Gasteiger partial charge in [0.15, 0.2) is 0 Å². The number of amides is 1. The second kappa shape index (κ2) is 7.73. The van der Waals surface area contributed by atoms with E-state index < -0.39 is 0 Å². The Kier molecular flexibility index (Phi) is 4.99. The Morgan fingerprint density at radius 2 is 1.41 bits per heavy atom. The van der Waals surface area contributed by atoms with Crippen LogP contribution in [0.15, 0.2) is 24.5 Å². The first-order chi connectivity index (χ1) is 13.2. The molecule has 2 aliphatic rings. The second-order valence-corrected chi connectivity index (χ2v) is 6.82. The molecule has 27 heavy (non-hydrogen) atoms. The standard InChI is InChI=1S/C18H24N8O/c1-15-13-16(24-7-5-23(14-27)6-8-24)22-18(21-15)26-11-9-25(10-12-26)17-19-3-2-4-20-17/h2-4,13-14H,5-12H2,1H3. The van der Waals surface area contributed by atoms with E-state index >= 15 is 0 Å². The summed E-state index contributed by atoms with van der Waals surface area (Å²) in [5, 5.41) is 0. The molecule has 2 aromatic rings. The van der Waals surface area contributed by atoms with Crippen LogP contribution < -0.4 is 14.7 Å². The molecule has 0 N–H and O–H groups in total. The van der Waals surface area contributed by atoms with Crippen LogP contribution in [0, 0.1) is 6.92 Å². The van der Waals surface area contributed by atoms with Crippen molar-refractivity contribution in [2.45, 2.75) is 6.92 Å². The quantitative estimate of drug-likeness (QED) is 0.707. The third-order valence-corrected chi connectivity index (χ3v) is 5.01. The van der Waals surface area contributed by atoms with Gasteiger partial charge in [-0.3, -0.25) is 4.79 Å². The van der Waals surface area contributed by atoms with Crippen LogP contribution in [-0.2, 0) is 4.79 Å². The predicted molar refractivity (Wildman–Crippen MR) is 103 cm³/mol. The van der Waals surface area contributed by atoms with Gasteiger partial charge >= 0.3 is 0 Å². The van der Waals surface area contributed by atoms with Gasteiger partial charge in [0.2, 0.25) is 18.3 Å². The molecule has 9 heteroatoms. The van der Waals surface area contributed by atoms with Crippen molar-refractivity contribution in [2.24, 2.45) is 0 Å². The van der Waals surface area contributed by atoms with Crippen LogP contribution in [0.2, 0.25) is 0 Å². The van der Waals surface area contributed by atoms with Crippen molar-refractivity contribution in [1.29, 1.82) is 0 Å². The van der Waals surface area contributed by atoms with Crippen molar-refractivity contribution >= 4 is 24.1 Å². The van der Waals surface area contributed by atoms with E-state index in [9.17, 15) is 4.79 Å². The van der Waals surface area contributed by atoms with E-state index in [-0.39, 0.29) is 0 Å². The van der Waals surface area contributed by atoms with Crippen LogP contribution in [0.5, 0.6) is 0 Å². The number of hydrogen-bond donors (Lipinski definition) is 0. The van der Waals surface area contributed by atoms with Gasteiger partial charge in [-0.05, 0) is 13.0 Å². The van der Waals surface area contributed by atoms with Crippen molar-refractivity contribution in [2.75, 3.05) is 67.1 Å². The van der Waals surface area contributed by atoms with Gasteiger partial charge in [-0.15, -0.1) is 0 Å². The average Bonchev–Trinajstić information content (AvgIpc) is 2.74. The van der Waals surface area contributed by atoms with Gasteiger partial charge < -0.3 is 19.6 Å². The predicted octanol–water partition coefficient (Wildman–Crippen LogP) is 0.180. The third-order valence-electron chi connectivity index (χ3n) is 5.01. The monoisotopic (exact) mass is 368 g/mol. The van der Waals surface area contributed by atoms with E-state index in [2.05, 4.69) is 29.7 Å². The SMILES string of the molecule is Cc1cc(N2CCN(C=O)CC2)nc(N2CCN(c3ncccn3)CC2)n1. The number of anilines is 3. The molecule has 4 rings (SSSR count). The minimum absolute atomic E-state index is 0.734. The number of aryl methyl sites for hydroxylation is 1. The Bertz CT molecular complexity index is 770. The maximum atomic E-state index is 10.9. The summed E-state index contributed by atoms with van der Waals surface area (Å²) < 4.78 is 0. The highest BCUT2D eigenvalue weighted by molar-refractivity contribution is 5.51. The molecule has 9 nitrogen and oxygen atoms in total. The molecule has 0 unspecified atom stereocenters. The van der Waals surface area contributed by atoms with Gasteiger partial charge in [0, 0.05) is 76.5 Å². The van der Waals surface area contributed by atoms with Crippen molar-refractivity contribution in [3.63, 3.8) is 0 Å². The van der Waals surface area contributed by atoms with Gasteiger partial charge in [0.25, 0.3) is 0 Å². The van der Waals surface area contributed by atoms with E-state index in [1.165, 1.54) is 0 Å². The number of rotatable bonds is 4. The fourth-order valence-corrected chi connectivity index (χ4v) is 3.46. The number of nitrogens with zero attached hydrogens (tertiary/aromatic N) is 8. The maximum Gasteiger partial charge on any atom is 0.227 e. The van der Waals surface area contributed by atoms with Crippen LogP contribution in [0.1, 0.15) is 5.69 Å². The highest BCUT2D eigenvalue weighted by atomic mass is 16.1. The first kappa shape index (κ1) is 17.4. The Morgan fingerprint density at radius 3 is 2.04 bits per heavy atom. The molecule has 0 aliphatic carbocycles. The molecule has 0 aromatic carbocycles. The highest BCUT2D eigenvalue weighted by Crippen LogP contribution is 2.20. The van der Waals surface area contributed by atoms with Crippen LogP contribution in [0.3, 0.4) is 0 Å². The lowest BCUT2D eigenvalue weighted by Crippen LogP contribution is -2.48. The molecule has 2 fully saturated rings. The van der Waals surface area contributed by atoms with Crippen LogP contribution >= 0.6 is 0 Å². The lowest BCUT2D eigenvalue weighted by atomic mass is 10.3. The van der Waals surface area contributed by atoms with Crippen molar-refractivity contribution in [3.8, 4) is 0 Å². The van der Waals surface area contributed by atoms with E-state index in [1.54, 1.807) is 17.3 Å². The number of piperazine rings is 2. The van der Waals surface area contributed by atoms with Crippen molar-refractivity contribution < 1.29 is 4.79 Å². The molecular weight excluding hydrogens is 344 g/mol. The fraction of sp³-hybridized carbons (Fsp3) is 0.500. The van der Waals surface area contributed by atoms with Crippen LogP contribution in [0.25, 0.3) is 0 Å². The van der Waals surface area contributed by atoms with E-state index in [4.69, 9.17) is 4.98 Å². The highest BCUT2D eigenvalue weighted by Gasteiger charge is 2.23. The zero-order valence-electron chi connectivity index (χ0n) is 15.5. The zero-order chi connectivity index (χ0) is 18.6. The van der Waals surface area contributed by atoms with Gasteiger partial charge in [0.1, 0.15) is 5.82 Å². The van der Waals surface area contributed by atoms with Crippen LogP contribution in [0.4, 0.5) is 17.7 Å². The largest absolute Gasteiger partial charge is 0.353 e. The van der Waals surface area contributed by atoms with E-state index in [0.717, 1.165) is 82.2 Å². The number of aromatic nitrogens is 4. The summed E-state index contributed by atoms with van der Waals surface area (Å²) in [6, 6.07) is 3.85. The summed E-state index contributed by atoms with van der Waals surface area (Å²) in [6.07, 6.45) is 4.47. The average molecular weight is 368 g/mol. The summed E-state index contributed by atoms with van der Waals surface area (Å²) in [7, 11) is 0. The summed E-state index contributed by atoms with van der Waals surface area (Å²) in [5.74, 6) is 2.49. The van der Waals surface area contributed by atoms with Gasteiger partial charge in [0.05, 0.1) is 0 Å². The van der Waals surface area contributed by atoms with Crippen molar-refractivity contribution in [1.82, 2.24) is 24.8 Å². The summed E-state index contributed by atoms with van der Waals surface area (Å²) in [5.41, 5.74) is 0.960. The van der Waals surface area contributed by atoms with E-state index in [1.807, 2.05) is 19.1 Å². The number of carbonyl (C=O) groups is 1. The molecule has 142 valence electrons. The molecule has 2 saturated heterocycles. The molecule has 1 amide bonds. The van der Waals surface area contributed by atoms with Gasteiger partial charge in [-0.1, -0.05) is 0 Å². The minimum Gasteiger partial charge on any atom is -0.353 e. The maximum absolute atomic E-state index is 10.9. The Hall–Kier alpha value is -2.97. The summed E-state index contributed by atoms with van der Waals surface area (Å²) >= 11 is 0. The molecule has 2 aliphatic heterocycles. The fourth-order valence-electron chi connectivity index (χ4n) is 3.46. The molecule has 2 aromatic heterocycles. The Labute approximate surface area is 158 Å². The third kappa shape index (κ3) is 3.91. The van der Waals surface area contributed by atoms with Crippen LogP contribution in [-0.4, -0.2) is 83.6 Å². The van der Waals surface area contributed by atoms with Gasteiger partial charge in [-0.25, -0.2) is 15.0 Å². The zero-order valence-corrected chi connectivity index (χ0v) is 15.5. The first-order valence-corrected chi connectivity index (χ1v) is 9.30. The molecule has 0 bridgehead atoms. The summed E-state index contributed by atoms with van der Waals surface area (Å²) in [6.45, 7) is 8.42. The minimum atomic E-state index is 0.734. The molecule has 0 radical (unpaired) electrons. The summed E-state index contributed by atoms with van der Waals surface area (Å²) in [4.78, 5) is 37.5. The Morgan fingerprint density at radius 1 is 0.815 bits per heavy atom. The molecular formula is C18H24N8O. The smallest absolute Gasteiger partial charge is 0.227 e. The van der Waals surface area contributed by atoms with E-state index in [0.29, 0.717) is 0 Å². The van der Waals surface area contributed by atoms with Crippen molar-refractivity contribution in [3.05, 3.63) is 30.2 Å². The lowest BCUT2D eigenvalue weighted by Gasteiger charge is -2.36. The first-order valence-electron chi connectivity index (χ1n) is 9.30. The van der Waals surface area contributed by atoms with Gasteiger partial charge in [-0.2, -0.15) is 4.98 Å². The molecule has 0 spiro atoms. The molecule has 0 saturated carbocycles. The topological polar surface area (TPSA) is 81.6 Å². The number of hydrogen-bond acceptors (Lipinski definition) is 8.